The van der Waals surface area contributed by atoms with E-state index in [1.165, 1.54) is 0 Å². The number of ether oxygens (including phenoxy) is 1. The SMILES string of the molecule is COc1ccc(NC(=S)Nc2ccn(C)n2)cc1. The molecule has 94 valence electrons. The summed E-state index contributed by atoms with van der Waals surface area (Å²) in [7, 11) is 3.49. The highest BCUT2D eigenvalue weighted by Crippen LogP contribution is 2.15. The smallest absolute Gasteiger partial charge is 0.176 e. The standard InChI is InChI=1S/C12H14N4OS/c1-16-8-7-11(15-16)14-12(18)13-9-3-5-10(17-2)6-4-9/h3-8H,1-2H3,(H2,13,14,15,18). The van der Waals surface area contributed by atoms with Gasteiger partial charge in [0.1, 0.15) is 5.75 Å². The van der Waals surface area contributed by atoms with Gasteiger partial charge < -0.3 is 15.4 Å². The first-order valence-electron chi connectivity index (χ1n) is 5.39. The highest BCUT2D eigenvalue weighted by atomic mass is 32.1. The molecule has 1 aromatic heterocycles. The van der Waals surface area contributed by atoms with Crippen LogP contribution in [-0.2, 0) is 7.05 Å². The maximum absolute atomic E-state index is 5.19. The van der Waals surface area contributed by atoms with Crippen LogP contribution in [0.3, 0.4) is 0 Å². The van der Waals surface area contributed by atoms with Crippen molar-refractivity contribution in [2.24, 2.45) is 7.05 Å². The number of nitrogens with zero attached hydrogens (tertiary/aromatic N) is 2. The Balaban J connectivity index is 1.94. The van der Waals surface area contributed by atoms with Crippen LogP contribution >= 0.6 is 12.2 Å². The average Bonchev–Trinajstić information content (AvgIpc) is 2.75. The molecule has 2 N–H and O–H groups in total. The zero-order chi connectivity index (χ0) is 13.0. The van der Waals surface area contributed by atoms with Gasteiger partial charge in [0.05, 0.1) is 7.11 Å². The Labute approximate surface area is 111 Å². The van der Waals surface area contributed by atoms with Gasteiger partial charge in [-0.15, -0.1) is 0 Å². The summed E-state index contributed by atoms with van der Waals surface area (Å²) in [4.78, 5) is 0. The van der Waals surface area contributed by atoms with Crippen molar-refractivity contribution in [2.75, 3.05) is 17.7 Å². The second-order valence-corrected chi connectivity index (χ2v) is 4.09. The molecule has 5 nitrogen and oxygen atoms in total. The van der Waals surface area contributed by atoms with Crippen LogP contribution in [-0.4, -0.2) is 22.0 Å². The fourth-order valence-electron chi connectivity index (χ4n) is 1.43. The number of anilines is 2. The topological polar surface area (TPSA) is 51.1 Å². The molecule has 2 rings (SSSR count). The minimum absolute atomic E-state index is 0.499. The first-order chi connectivity index (χ1) is 8.67. The molecule has 0 unspecified atom stereocenters. The predicted molar refractivity (Wildman–Crippen MR) is 76.0 cm³/mol. The number of aromatic nitrogens is 2. The van der Waals surface area contributed by atoms with Crippen molar-refractivity contribution < 1.29 is 4.74 Å². The molecule has 1 aromatic carbocycles. The number of hydrogen-bond acceptors (Lipinski definition) is 3. The van der Waals surface area contributed by atoms with Gasteiger partial charge in [-0.1, -0.05) is 0 Å². The second-order valence-electron chi connectivity index (χ2n) is 3.68. The Kier molecular flexibility index (Phi) is 3.78. The van der Waals surface area contributed by atoms with Gasteiger partial charge >= 0.3 is 0 Å². The minimum atomic E-state index is 0.499. The number of hydrogen-bond donors (Lipinski definition) is 2. The van der Waals surface area contributed by atoms with E-state index in [1.807, 2.05) is 43.6 Å². The molecule has 1 heterocycles. The van der Waals surface area contributed by atoms with Gasteiger partial charge in [-0.2, -0.15) is 5.10 Å². The highest BCUT2D eigenvalue weighted by Gasteiger charge is 2.01. The van der Waals surface area contributed by atoms with Crippen LogP contribution in [0.2, 0.25) is 0 Å². The molecule has 0 amide bonds. The third kappa shape index (κ3) is 3.21. The van der Waals surface area contributed by atoms with Gasteiger partial charge in [0, 0.05) is 25.0 Å². The van der Waals surface area contributed by atoms with Gasteiger partial charge in [0.25, 0.3) is 0 Å². The van der Waals surface area contributed by atoms with Crippen molar-refractivity contribution in [3.8, 4) is 5.75 Å². The van der Waals surface area contributed by atoms with E-state index >= 15 is 0 Å². The summed E-state index contributed by atoms with van der Waals surface area (Å²) in [6, 6.07) is 9.37. The summed E-state index contributed by atoms with van der Waals surface area (Å²) < 4.78 is 6.79. The molecule has 0 saturated carbocycles. The lowest BCUT2D eigenvalue weighted by atomic mass is 10.3. The molecule has 18 heavy (non-hydrogen) atoms. The summed E-state index contributed by atoms with van der Waals surface area (Å²) in [6.45, 7) is 0. The van der Waals surface area contributed by atoms with Gasteiger partial charge in [-0.25, -0.2) is 0 Å². The number of rotatable bonds is 3. The van der Waals surface area contributed by atoms with E-state index in [9.17, 15) is 0 Å². The molecule has 0 fully saturated rings. The molecule has 0 bridgehead atoms. The third-order valence-electron chi connectivity index (χ3n) is 2.30. The lowest BCUT2D eigenvalue weighted by Crippen LogP contribution is -2.19. The zero-order valence-electron chi connectivity index (χ0n) is 10.2. The van der Waals surface area contributed by atoms with Crippen molar-refractivity contribution in [1.29, 1.82) is 0 Å². The number of aryl methyl sites for hydroxylation is 1. The fraction of sp³-hybridized carbons (Fsp3) is 0.167. The first-order valence-corrected chi connectivity index (χ1v) is 5.80. The monoisotopic (exact) mass is 262 g/mol. The summed E-state index contributed by atoms with van der Waals surface area (Å²) in [6.07, 6.45) is 1.85. The largest absolute Gasteiger partial charge is 0.497 e. The maximum Gasteiger partial charge on any atom is 0.176 e. The molecule has 0 aliphatic heterocycles. The third-order valence-corrected chi connectivity index (χ3v) is 2.51. The Hall–Kier alpha value is -2.08. The van der Waals surface area contributed by atoms with E-state index in [-0.39, 0.29) is 0 Å². The first kappa shape index (κ1) is 12.4. The van der Waals surface area contributed by atoms with E-state index in [2.05, 4.69) is 15.7 Å². The highest BCUT2D eigenvalue weighted by molar-refractivity contribution is 7.80. The number of methoxy groups -OCH3 is 1. The summed E-state index contributed by atoms with van der Waals surface area (Å²) in [5.74, 6) is 1.52. The van der Waals surface area contributed by atoms with Crippen LogP contribution in [0.5, 0.6) is 5.75 Å². The molecule has 0 aliphatic rings. The average molecular weight is 262 g/mol. The van der Waals surface area contributed by atoms with Crippen molar-refractivity contribution in [3.63, 3.8) is 0 Å². The molecule has 0 radical (unpaired) electrons. The van der Waals surface area contributed by atoms with E-state index in [0.29, 0.717) is 10.9 Å². The Morgan fingerprint density at radius 2 is 1.94 bits per heavy atom. The quantitative estimate of drug-likeness (QED) is 0.831. The molecule has 2 aromatic rings. The molecule has 0 spiro atoms. The van der Waals surface area contributed by atoms with E-state index in [0.717, 1.165) is 11.4 Å². The van der Waals surface area contributed by atoms with Crippen molar-refractivity contribution in [2.45, 2.75) is 0 Å². The summed E-state index contributed by atoms with van der Waals surface area (Å²) in [5.41, 5.74) is 0.893. The Bertz CT molecular complexity index is 535. The minimum Gasteiger partial charge on any atom is -0.497 e. The van der Waals surface area contributed by atoms with Crippen LogP contribution in [0.1, 0.15) is 0 Å². The lowest BCUT2D eigenvalue weighted by Gasteiger charge is -2.09. The molecular formula is C12H14N4OS. The summed E-state index contributed by atoms with van der Waals surface area (Å²) >= 11 is 5.19. The number of benzene rings is 1. The van der Waals surface area contributed by atoms with Crippen LogP contribution < -0.4 is 15.4 Å². The molecule has 0 atom stereocenters. The summed E-state index contributed by atoms with van der Waals surface area (Å²) in [5, 5.41) is 10.7. The number of thiocarbonyl (C=S) groups is 1. The van der Waals surface area contributed by atoms with E-state index in [4.69, 9.17) is 17.0 Å². The van der Waals surface area contributed by atoms with Crippen LogP contribution in [0.15, 0.2) is 36.5 Å². The number of nitrogens with one attached hydrogen (secondary N) is 2. The molecular weight excluding hydrogens is 248 g/mol. The van der Waals surface area contributed by atoms with Crippen molar-refractivity contribution >= 4 is 28.8 Å². The molecule has 6 heteroatoms. The normalized spacial score (nSPS) is 9.89. The van der Waals surface area contributed by atoms with E-state index in [1.54, 1.807) is 11.8 Å². The van der Waals surface area contributed by atoms with Gasteiger partial charge in [-0.05, 0) is 36.5 Å². The molecule has 0 aliphatic carbocycles. The second kappa shape index (κ2) is 5.50. The molecule has 0 saturated heterocycles. The van der Waals surface area contributed by atoms with Crippen LogP contribution in [0.4, 0.5) is 11.5 Å². The van der Waals surface area contributed by atoms with Gasteiger partial charge in [0.2, 0.25) is 0 Å². The van der Waals surface area contributed by atoms with Crippen molar-refractivity contribution in [1.82, 2.24) is 9.78 Å². The van der Waals surface area contributed by atoms with Gasteiger partial charge in [0.15, 0.2) is 10.9 Å². The Morgan fingerprint density at radius 1 is 1.22 bits per heavy atom. The predicted octanol–water partition coefficient (Wildman–Crippen LogP) is 2.24. The van der Waals surface area contributed by atoms with Crippen molar-refractivity contribution in [3.05, 3.63) is 36.5 Å². The fourth-order valence-corrected chi connectivity index (χ4v) is 1.66. The maximum atomic E-state index is 5.19. The van der Waals surface area contributed by atoms with Crippen LogP contribution in [0, 0.1) is 0 Å². The Morgan fingerprint density at radius 3 is 2.50 bits per heavy atom. The van der Waals surface area contributed by atoms with Gasteiger partial charge in [-0.3, -0.25) is 4.68 Å². The van der Waals surface area contributed by atoms with Crippen LogP contribution in [0.25, 0.3) is 0 Å². The lowest BCUT2D eigenvalue weighted by molar-refractivity contribution is 0.415. The zero-order valence-corrected chi connectivity index (χ0v) is 11.0. The van der Waals surface area contributed by atoms with E-state index < -0.39 is 0 Å².